The molecule has 0 aliphatic carbocycles. The van der Waals surface area contributed by atoms with Gasteiger partial charge in [0.15, 0.2) is 0 Å². The zero-order valence-electron chi connectivity index (χ0n) is 7.83. The van der Waals surface area contributed by atoms with Crippen molar-refractivity contribution in [3.05, 3.63) is 28.8 Å². The molecule has 1 saturated heterocycles. The Labute approximate surface area is 88.7 Å². The van der Waals surface area contributed by atoms with Crippen molar-refractivity contribution in [3.8, 4) is 6.07 Å². The topological polar surface area (TPSA) is 27.0 Å². The van der Waals surface area contributed by atoms with Gasteiger partial charge in [0.1, 0.15) is 6.07 Å². The molecule has 14 heavy (non-hydrogen) atoms. The van der Waals surface area contributed by atoms with E-state index >= 15 is 0 Å². The van der Waals surface area contributed by atoms with E-state index in [1.807, 2.05) is 12.1 Å². The van der Waals surface area contributed by atoms with Crippen molar-refractivity contribution in [3.63, 3.8) is 0 Å². The van der Waals surface area contributed by atoms with Gasteiger partial charge in [0.25, 0.3) is 0 Å². The second kappa shape index (κ2) is 3.89. The minimum absolute atomic E-state index is 0.629. The van der Waals surface area contributed by atoms with Crippen LogP contribution in [-0.4, -0.2) is 13.1 Å². The summed E-state index contributed by atoms with van der Waals surface area (Å²) in [5, 5.41) is 9.60. The van der Waals surface area contributed by atoms with Gasteiger partial charge in [0.2, 0.25) is 0 Å². The molecule has 0 amide bonds. The van der Waals surface area contributed by atoms with E-state index < -0.39 is 0 Å². The average Bonchev–Trinajstić information content (AvgIpc) is 2.70. The van der Waals surface area contributed by atoms with Gasteiger partial charge in [-0.25, -0.2) is 0 Å². The van der Waals surface area contributed by atoms with Crippen molar-refractivity contribution in [2.24, 2.45) is 0 Å². The molecule has 0 N–H and O–H groups in total. The quantitative estimate of drug-likeness (QED) is 0.707. The number of halogens is 1. The van der Waals surface area contributed by atoms with E-state index in [9.17, 15) is 0 Å². The van der Waals surface area contributed by atoms with Crippen LogP contribution in [0.3, 0.4) is 0 Å². The first-order valence-corrected chi connectivity index (χ1v) is 5.13. The fourth-order valence-corrected chi connectivity index (χ4v) is 2.00. The van der Waals surface area contributed by atoms with E-state index in [-0.39, 0.29) is 0 Å². The fraction of sp³-hybridized carbons (Fsp3) is 0.364. The standard InChI is InChI=1S/C11H11ClN2/c12-10-3-4-11(9(7-10)8-13)14-5-1-2-6-14/h3-4,7H,1-2,5-6H2. The molecule has 0 aromatic heterocycles. The lowest BCUT2D eigenvalue weighted by Gasteiger charge is -2.18. The van der Waals surface area contributed by atoms with E-state index in [1.54, 1.807) is 6.07 Å². The molecular weight excluding hydrogens is 196 g/mol. The zero-order chi connectivity index (χ0) is 9.97. The highest BCUT2D eigenvalue weighted by molar-refractivity contribution is 6.30. The summed E-state index contributed by atoms with van der Waals surface area (Å²) in [7, 11) is 0. The molecule has 2 nitrogen and oxygen atoms in total. The van der Waals surface area contributed by atoms with Crippen molar-refractivity contribution >= 4 is 17.3 Å². The largest absolute Gasteiger partial charge is 0.370 e. The number of rotatable bonds is 1. The minimum Gasteiger partial charge on any atom is -0.370 e. The molecule has 1 fully saturated rings. The zero-order valence-corrected chi connectivity index (χ0v) is 8.59. The first kappa shape index (κ1) is 9.36. The first-order valence-electron chi connectivity index (χ1n) is 4.76. The normalized spacial score (nSPS) is 15.6. The molecule has 1 aliphatic heterocycles. The van der Waals surface area contributed by atoms with Gasteiger partial charge in [-0.2, -0.15) is 5.26 Å². The third-order valence-corrected chi connectivity index (χ3v) is 2.76. The Morgan fingerprint density at radius 2 is 2.00 bits per heavy atom. The lowest BCUT2D eigenvalue weighted by molar-refractivity contribution is 0.949. The SMILES string of the molecule is N#Cc1cc(Cl)ccc1N1CCCC1. The lowest BCUT2D eigenvalue weighted by atomic mass is 10.2. The minimum atomic E-state index is 0.629. The van der Waals surface area contributed by atoms with Crippen molar-refractivity contribution < 1.29 is 0 Å². The number of hydrogen-bond donors (Lipinski definition) is 0. The van der Waals surface area contributed by atoms with Gasteiger partial charge >= 0.3 is 0 Å². The van der Waals surface area contributed by atoms with Gasteiger partial charge in [-0.05, 0) is 31.0 Å². The molecule has 0 bridgehead atoms. The summed E-state index contributed by atoms with van der Waals surface area (Å²) in [6.07, 6.45) is 2.43. The molecule has 1 aromatic rings. The van der Waals surface area contributed by atoms with Gasteiger partial charge in [-0.3, -0.25) is 0 Å². The Kier molecular flexibility index (Phi) is 2.60. The summed E-state index contributed by atoms with van der Waals surface area (Å²) in [6.45, 7) is 2.10. The van der Waals surface area contributed by atoms with Gasteiger partial charge in [-0.15, -0.1) is 0 Å². The highest BCUT2D eigenvalue weighted by Gasteiger charge is 2.15. The second-order valence-corrected chi connectivity index (χ2v) is 3.90. The van der Waals surface area contributed by atoms with Crippen LogP contribution in [0.2, 0.25) is 5.02 Å². The molecule has 3 heteroatoms. The summed E-state index contributed by atoms with van der Waals surface area (Å²) >= 11 is 5.83. The Morgan fingerprint density at radius 3 is 2.64 bits per heavy atom. The van der Waals surface area contributed by atoms with E-state index in [4.69, 9.17) is 16.9 Å². The van der Waals surface area contributed by atoms with Gasteiger partial charge in [0, 0.05) is 18.1 Å². The summed E-state index contributed by atoms with van der Waals surface area (Å²) < 4.78 is 0. The number of hydrogen-bond acceptors (Lipinski definition) is 2. The van der Waals surface area contributed by atoms with Crippen LogP contribution < -0.4 is 4.90 Å². The van der Waals surface area contributed by atoms with Gasteiger partial charge in [0.05, 0.1) is 11.3 Å². The maximum absolute atomic E-state index is 8.97. The molecular formula is C11H11ClN2. The van der Waals surface area contributed by atoms with Crippen LogP contribution in [0.1, 0.15) is 18.4 Å². The highest BCUT2D eigenvalue weighted by Crippen LogP contribution is 2.26. The molecule has 0 atom stereocenters. The van der Waals surface area contributed by atoms with Crippen molar-refractivity contribution in [2.45, 2.75) is 12.8 Å². The number of anilines is 1. The maximum atomic E-state index is 8.97. The van der Waals surface area contributed by atoms with Crippen molar-refractivity contribution in [1.29, 1.82) is 5.26 Å². The molecule has 0 saturated carbocycles. The third kappa shape index (κ3) is 1.69. The van der Waals surface area contributed by atoms with Gasteiger partial charge < -0.3 is 4.90 Å². The maximum Gasteiger partial charge on any atom is 0.101 e. The van der Waals surface area contributed by atoms with E-state index in [2.05, 4.69) is 11.0 Å². The van der Waals surface area contributed by atoms with Crippen LogP contribution in [-0.2, 0) is 0 Å². The van der Waals surface area contributed by atoms with Crippen LogP contribution in [0.4, 0.5) is 5.69 Å². The predicted octanol–water partition coefficient (Wildman–Crippen LogP) is 2.81. The Hall–Kier alpha value is -1.20. The monoisotopic (exact) mass is 206 g/mol. The van der Waals surface area contributed by atoms with E-state index in [1.165, 1.54) is 12.8 Å². The van der Waals surface area contributed by atoms with Crippen LogP contribution in [0, 0.1) is 11.3 Å². The molecule has 0 unspecified atom stereocenters. The summed E-state index contributed by atoms with van der Waals surface area (Å²) in [5.74, 6) is 0. The van der Waals surface area contributed by atoms with Crippen molar-refractivity contribution in [1.82, 2.24) is 0 Å². The number of nitrogens with zero attached hydrogens (tertiary/aromatic N) is 2. The molecule has 2 rings (SSSR count). The lowest BCUT2D eigenvalue weighted by Crippen LogP contribution is -2.18. The number of nitriles is 1. The molecule has 72 valence electrons. The van der Waals surface area contributed by atoms with E-state index in [0.29, 0.717) is 10.6 Å². The summed E-state index contributed by atoms with van der Waals surface area (Å²) in [5.41, 5.74) is 1.70. The highest BCUT2D eigenvalue weighted by atomic mass is 35.5. The summed E-state index contributed by atoms with van der Waals surface area (Å²) in [6, 6.07) is 7.70. The van der Waals surface area contributed by atoms with Crippen molar-refractivity contribution in [2.75, 3.05) is 18.0 Å². The Morgan fingerprint density at radius 1 is 1.29 bits per heavy atom. The van der Waals surface area contributed by atoms with Crippen LogP contribution >= 0.6 is 11.6 Å². The number of benzene rings is 1. The van der Waals surface area contributed by atoms with E-state index in [0.717, 1.165) is 18.8 Å². The first-order chi connectivity index (χ1) is 6.81. The predicted molar refractivity (Wildman–Crippen MR) is 57.6 cm³/mol. The smallest absolute Gasteiger partial charge is 0.101 e. The third-order valence-electron chi connectivity index (χ3n) is 2.53. The summed E-state index contributed by atoms with van der Waals surface area (Å²) in [4.78, 5) is 2.24. The molecule has 0 radical (unpaired) electrons. The fourth-order valence-electron chi connectivity index (χ4n) is 1.83. The van der Waals surface area contributed by atoms with Crippen LogP contribution in [0.5, 0.6) is 0 Å². The molecule has 1 aliphatic rings. The van der Waals surface area contributed by atoms with Gasteiger partial charge in [-0.1, -0.05) is 11.6 Å². The molecule has 1 aromatic carbocycles. The second-order valence-electron chi connectivity index (χ2n) is 3.47. The molecule has 1 heterocycles. The Bertz CT molecular complexity index is 375. The van der Waals surface area contributed by atoms with Crippen LogP contribution in [0.25, 0.3) is 0 Å². The average molecular weight is 207 g/mol. The van der Waals surface area contributed by atoms with Crippen LogP contribution in [0.15, 0.2) is 18.2 Å². The Balaban J connectivity index is 2.37. The molecule has 0 spiro atoms.